The summed E-state index contributed by atoms with van der Waals surface area (Å²) in [6.07, 6.45) is 6.91. The third kappa shape index (κ3) is 2.74. The maximum absolute atomic E-state index is 7.43. The molecular formula is C19H16N6. The van der Waals surface area contributed by atoms with Crippen molar-refractivity contribution in [2.75, 3.05) is 0 Å². The molecule has 3 N–H and O–H groups in total. The number of benzene rings is 1. The van der Waals surface area contributed by atoms with Crippen molar-refractivity contribution in [1.29, 1.82) is 5.41 Å². The van der Waals surface area contributed by atoms with Crippen molar-refractivity contribution in [3.8, 4) is 0 Å². The van der Waals surface area contributed by atoms with Crippen LogP contribution in [0, 0.1) is 5.41 Å². The van der Waals surface area contributed by atoms with E-state index in [1.807, 2.05) is 30.5 Å². The zero-order chi connectivity index (χ0) is 17.2. The molecule has 0 aliphatic heterocycles. The molecule has 6 heteroatoms. The Labute approximate surface area is 144 Å². The van der Waals surface area contributed by atoms with Crippen LogP contribution in [-0.2, 0) is 6.42 Å². The monoisotopic (exact) mass is 328 g/mol. The number of nitrogens with two attached hydrogens (primary N) is 1. The standard InChI is InChI=1S/C19H16N6/c20-10-15(11-21)18-5-6-19-23-12-16(25(19)24-18)9-13-3-4-17-14(8-13)2-1-7-22-17/h1-8,10-12,20H,9,21H2/b15-11+,20-10?. The molecule has 0 bridgehead atoms. The molecule has 3 heterocycles. The number of pyridine rings is 1. The molecule has 122 valence electrons. The number of aromatic nitrogens is 4. The molecule has 0 aliphatic rings. The van der Waals surface area contributed by atoms with Crippen LogP contribution in [0.1, 0.15) is 17.0 Å². The van der Waals surface area contributed by atoms with Crippen LogP contribution >= 0.6 is 0 Å². The van der Waals surface area contributed by atoms with Crippen molar-refractivity contribution in [3.63, 3.8) is 0 Å². The van der Waals surface area contributed by atoms with Crippen molar-refractivity contribution in [3.05, 3.63) is 78.0 Å². The van der Waals surface area contributed by atoms with Crippen LogP contribution in [0.4, 0.5) is 0 Å². The van der Waals surface area contributed by atoms with Gasteiger partial charge in [0.1, 0.15) is 0 Å². The number of imidazole rings is 1. The Hall–Kier alpha value is -3.54. The maximum Gasteiger partial charge on any atom is 0.153 e. The molecule has 4 aromatic rings. The Morgan fingerprint density at radius 3 is 2.92 bits per heavy atom. The highest BCUT2D eigenvalue weighted by atomic mass is 15.3. The molecule has 0 atom stereocenters. The maximum atomic E-state index is 7.43. The molecule has 6 nitrogen and oxygen atoms in total. The average molecular weight is 328 g/mol. The molecule has 3 aromatic heterocycles. The summed E-state index contributed by atoms with van der Waals surface area (Å²) < 4.78 is 1.80. The second kappa shape index (κ2) is 6.16. The van der Waals surface area contributed by atoms with Crippen molar-refractivity contribution in [1.82, 2.24) is 19.6 Å². The first kappa shape index (κ1) is 15.0. The fourth-order valence-electron chi connectivity index (χ4n) is 2.85. The van der Waals surface area contributed by atoms with E-state index in [0.717, 1.165) is 27.8 Å². The Morgan fingerprint density at radius 1 is 1.16 bits per heavy atom. The van der Waals surface area contributed by atoms with Gasteiger partial charge < -0.3 is 11.1 Å². The molecule has 0 saturated heterocycles. The normalized spacial score (nSPS) is 11.9. The van der Waals surface area contributed by atoms with Crippen LogP contribution < -0.4 is 5.73 Å². The number of rotatable bonds is 4. The minimum absolute atomic E-state index is 0.568. The molecule has 25 heavy (non-hydrogen) atoms. The predicted octanol–water partition coefficient (Wildman–Crippen LogP) is 2.82. The second-order valence-corrected chi connectivity index (χ2v) is 5.71. The fraction of sp³-hybridized carbons (Fsp3) is 0.0526. The van der Waals surface area contributed by atoms with Gasteiger partial charge in [-0.2, -0.15) is 5.10 Å². The highest BCUT2D eigenvalue weighted by molar-refractivity contribution is 6.07. The Balaban J connectivity index is 1.75. The van der Waals surface area contributed by atoms with Gasteiger partial charge in [-0.25, -0.2) is 9.50 Å². The lowest BCUT2D eigenvalue weighted by Crippen LogP contribution is -2.03. The summed E-state index contributed by atoms with van der Waals surface area (Å²) in [5.41, 5.74) is 10.7. The zero-order valence-corrected chi connectivity index (χ0v) is 13.4. The van der Waals surface area contributed by atoms with Gasteiger partial charge in [0.05, 0.1) is 23.1 Å². The van der Waals surface area contributed by atoms with E-state index in [1.165, 1.54) is 12.4 Å². The van der Waals surface area contributed by atoms with E-state index in [-0.39, 0.29) is 0 Å². The molecule has 0 spiro atoms. The lowest BCUT2D eigenvalue weighted by molar-refractivity contribution is 0.863. The SMILES string of the molecule is N=C/C(=C\N)c1ccc2ncc(Cc3ccc4ncccc4c3)n2n1. The molecule has 1 aromatic carbocycles. The van der Waals surface area contributed by atoms with Crippen LogP contribution in [0.25, 0.3) is 22.1 Å². The summed E-state index contributed by atoms with van der Waals surface area (Å²) >= 11 is 0. The van der Waals surface area contributed by atoms with Crippen molar-refractivity contribution < 1.29 is 0 Å². The van der Waals surface area contributed by atoms with Gasteiger partial charge in [0, 0.05) is 36.0 Å². The highest BCUT2D eigenvalue weighted by Crippen LogP contribution is 2.18. The van der Waals surface area contributed by atoms with Crippen molar-refractivity contribution in [2.24, 2.45) is 5.73 Å². The molecular weight excluding hydrogens is 312 g/mol. The smallest absolute Gasteiger partial charge is 0.153 e. The van der Waals surface area contributed by atoms with Gasteiger partial charge in [0.25, 0.3) is 0 Å². The van der Waals surface area contributed by atoms with Gasteiger partial charge in [-0.05, 0) is 35.9 Å². The molecule has 0 amide bonds. The summed E-state index contributed by atoms with van der Waals surface area (Å²) in [4.78, 5) is 8.76. The third-order valence-corrected chi connectivity index (χ3v) is 4.12. The van der Waals surface area contributed by atoms with E-state index in [1.54, 1.807) is 10.7 Å². The average Bonchev–Trinajstić information content (AvgIpc) is 3.05. The minimum Gasteiger partial charge on any atom is -0.404 e. The van der Waals surface area contributed by atoms with E-state index in [0.29, 0.717) is 17.7 Å². The third-order valence-electron chi connectivity index (χ3n) is 4.12. The molecule has 0 unspecified atom stereocenters. The van der Waals surface area contributed by atoms with E-state index in [2.05, 4.69) is 33.3 Å². The largest absolute Gasteiger partial charge is 0.404 e. The minimum atomic E-state index is 0.568. The van der Waals surface area contributed by atoms with Gasteiger partial charge in [-0.3, -0.25) is 4.98 Å². The number of fused-ring (bicyclic) bond motifs is 2. The van der Waals surface area contributed by atoms with Crippen LogP contribution in [-0.4, -0.2) is 25.8 Å². The van der Waals surface area contributed by atoms with Gasteiger partial charge in [-0.15, -0.1) is 0 Å². The first-order valence-corrected chi connectivity index (χ1v) is 7.88. The number of allylic oxidation sites excluding steroid dienone is 1. The fourth-order valence-corrected chi connectivity index (χ4v) is 2.85. The van der Waals surface area contributed by atoms with E-state index in [9.17, 15) is 0 Å². The Morgan fingerprint density at radius 2 is 2.08 bits per heavy atom. The summed E-state index contributed by atoms with van der Waals surface area (Å²) in [7, 11) is 0. The van der Waals surface area contributed by atoms with E-state index in [4.69, 9.17) is 11.1 Å². The van der Waals surface area contributed by atoms with Gasteiger partial charge in [-0.1, -0.05) is 12.1 Å². The quantitative estimate of drug-likeness (QED) is 0.563. The number of nitrogens with zero attached hydrogens (tertiary/aromatic N) is 4. The van der Waals surface area contributed by atoms with Crippen LogP contribution in [0.3, 0.4) is 0 Å². The van der Waals surface area contributed by atoms with Crippen LogP contribution in [0.5, 0.6) is 0 Å². The summed E-state index contributed by atoms with van der Waals surface area (Å²) in [6.45, 7) is 0. The lowest BCUT2D eigenvalue weighted by Gasteiger charge is -2.05. The topological polar surface area (TPSA) is 93.0 Å². The van der Waals surface area contributed by atoms with Crippen LogP contribution in [0.2, 0.25) is 0 Å². The summed E-state index contributed by atoms with van der Waals surface area (Å²) in [5, 5.41) is 13.1. The lowest BCUT2D eigenvalue weighted by atomic mass is 10.1. The molecule has 0 radical (unpaired) electrons. The van der Waals surface area contributed by atoms with Crippen LogP contribution in [0.15, 0.2) is 61.1 Å². The summed E-state index contributed by atoms with van der Waals surface area (Å²) in [5.74, 6) is 0. The molecule has 0 saturated carbocycles. The second-order valence-electron chi connectivity index (χ2n) is 5.71. The summed E-state index contributed by atoms with van der Waals surface area (Å²) in [6, 6.07) is 13.9. The number of nitrogens with one attached hydrogen (secondary N) is 1. The Kier molecular flexibility index (Phi) is 3.70. The highest BCUT2D eigenvalue weighted by Gasteiger charge is 2.09. The van der Waals surface area contributed by atoms with Crippen molar-refractivity contribution >= 4 is 28.3 Å². The number of hydrogen-bond donors (Lipinski definition) is 2. The Bertz CT molecular complexity index is 1110. The first-order valence-electron chi connectivity index (χ1n) is 7.88. The van der Waals surface area contributed by atoms with E-state index < -0.39 is 0 Å². The molecule has 0 fully saturated rings. The molecule has 0 aliphatic carbocycles. The van der Waals surface area contributed by atoms with Gasteiger partial charge >= 0.3 is 0 Å². The van der Waals surface area contributed by atoms with Gasteiger partial charge in [0.15, 0.2) is 5.65 Å². The first-order chi connectivity index (χ1) is 12.3. The van der Waals surface area contributed by atoms with Crippen molar-refractivity contribution in [2.45, 2.75) is 6.42 Å². The predicted molar refractivity (Wildman–Crippen MR) is 98.5 cm³/mol. The molecule has 4 rings (SSSR count). The van der Waals surface area contributed by atoms with E-state index >= 15 is 0 Å². The van der Waals surface area contributed by atoms with Gasteiger partial charge in [0.2, 0.25) is 0 Å². The number of hydrogen-bond acceptors (Lipinski definition) is 5. The zero-order valence-electron chi connectivity index (χ0n) is 13.4.